The van der Waals surface area contributed by atoms with Gasteiger partial charge in [-0.15, -0.1) is 0 Å². The van der Waals surface area contributed by atoms with E-state index < -0.39 is 0 Å². The van der Waals surface area contributed by atoms with E-state index in [4.69, 9.17) is 0 Å². The van der Waals surface area contributed by atoms with Gasteiger partial charge < -0.3 is 4.90 Å². The van der Waals surface area contributed by atoms with E-state index in [1.165, 1.54) is 11.1 Å². The molecule has 1 aromatic carbocycles. The monoisotopic (exact) mass is 317 g/mol. The molecule has 1 fully saturated rings. The third kappa shape index (κ3) is 7.02. The fourth-order valence-electron chi connectivity index (χ4n) is 2.75. The predicted molar refractivity (Wildman–Crippen MR) is 102 cm³/mol. The summed E-state index contributed by atoms with van der Waals surface area (Å²) >= 11 is 0. The van der Waals surface area contributed by atoms with Crippen LogP contribution in [0.2, 0.25) is 0 Å². The first kappa shape index (κ1) is 21.4. The lowest BCUT2D eigenvalue weighted by atomic mass is 9.88. The van der Waals surface area contributed by atoms with Gasteiger partial charge in [0.2, 0.25) is 5.91 Å². The van der Waals surface area contributed by atoms with Gasteiger partial charge in [0.15, 0.2) is 0 Å². The summed E-state index contributed by atoms with van der Waals surface area (Å²) in [6.45, 7) is 13.8. The minimum Gasteiger partial charge on any atom is -0.339 e. The van der Waals surface area contributed by atoms with E-state index in [1.54, 1.807) is 6.08 Å². The number of aryl methyl sites for hydroxylation is 1. The van der Waals surface area contributed by atoms with Crippen LogP contribution in [0.3, 0.4) is 0 Å². The summed E-state index contributed by atoms with van der Waals surface area (Å²) in [5, 5.41) is 0. The topological polar surface area (TPSA) is 20.3 Å². The lowest BCUT2D eigenvalue weighted by molar-refractivity contribution is -0.127. The maximum absolute atomic E-state index is 11.8. The molecule has 0 N–H and O–H groups in total. The minimum atomic E-state index is 0.156. The quantitative estimate of drug-likeness (QED) is 0.666. The molecule has 130 valence electrons. The predicted octanol–water partition coefficient (Wildman–Crippen LogP) is 5.58. The Kier molecular flexibility index (Phi) is 12.0. The van der Waals surface area contributed by atoms with Crippen LogP contribution in [-0.4, -0.2) is 23.9 Å². The second-order valence-corrected chi connectivity index (χ2v) is 5.20. The van der Waals surface area contributed by atoms with E-state index in [-0.39, 0.29) is 5.91 Å². The fourth-order valence-corrected chi connectivity index (χ4v) is 2.75. The molecule has 2 nitrogen and oxygen atoms in total. The lowest BCUT2D eigenvalue weighted by Gasteiger charge is -2.31. The average molecular weight is 318 g/mol. The summed E-state index contributed by atoms with van der Waals surface area (Å²) in [5.41, 5.74) is 2.85. The molecular weight excluding hydrogens is 282 g/mol. The van der Waals surface area contributed by atoms with Gasteiger partial charge >= 0.3 is 0 Å². The Morgan fingerprint density at radius 2 is 1.78 bits per heavy atom. The van der Waals surface area contributed by atoms with Crippen molar-refractivity contribution in [3.05, 3.63) is 47.5 Å². The Morgan fingerprint density at radius 1 is 1.17 bits per heavy atom. The van der Waals surface area contributed by atoms with E-state index in [1.807, 2.05) is 45.6 Å². The molecule has 0 aromatic heterocycles. The van der Waals surface area contributed by atoms with E-state index >= 15 is 0 Å². The first-order chi connectivity index (χ1) is 11.2. The molecule has 0 saturated carbocycles. The van der Waals surface area contributed by atoms with Crippen LogP contribution >= 0.6 is 0 Å². The Bertz CT molecular complexity index is 457. The van der Waals surface area contributed by atoms with Crippen LogP contribution < -0.4 is 0 Å². The first-order valence-corrected chi connectivity index (χ1v) is 9.25. The normalized spacial score (nSPS) is 14.6. The summed E-state index contributed by atoms with van der Waals surface area (Å²) in [6, 6.07) is 8.90. The fraction of sp³-hybridized carbons (Fsp3) is 0.571. The van der Waals surface area contributed by atoms with Gasteiger partial charge in [0.05, 0.1) is 0 Å². The summed E-state index contributed by atoms with van der Waals surface area (Å²) < 4.78 is 0. The van der Waals surface area contributed by atoms with Crippen LogP contribution in [0.1, 0.15) is 71.4 Å². The zero-order valence-corrected chi connectivity index (χ0v) is 15.9. The third-order valence-corrected chi connectivity index (χ3v) is 3.95. The molecule has 1 aliphatic rings. The van der Waals surface area contributed by atoms with Gasteiger partial charge in [-0.2, -0.15) is 0 Å². The average Bonchev–Trinajstić information content (AvgIpc) is 2.65. The Morgan fingerprint density at radius 3 is 2.30 bits per heavy atom. The van der Waals surface area contributed by atoms with Crippen LogP contribution in [0, 0.1) is 0 Å². The number of hydrogen-bond acceptors (Lipinski definition) is 1. The van der Waals surface area contributed by atoms with Crippen LogP contribution in [0.4, 0.5) is 0 Å². The number of amides is 1. The van der Waals surface area contributed by atoms with E-state index in [0.717, 1.165) is 32.4 Å². The van der Waals surface area contributed by atoms with Crippen molar-refractivity contribution in [1.29, 1.82) is 0 Å². The SMILES string of the molecule is C/C=C/C(=O)N1CCC(c2cccc(CC)c2)CC1.CC.CC. The highest BCUT2D eigenvalue weighted by Crippen LogP contribution is 2.28. The minimum absolute atomic E-state index is 0.156. The van der Waals surface area contributed by atoms with Crippen molar-refractivity contribution in [3.63, 3.8) is 0 Å². The highest BCUT2D eigenvalue weighted by atomic mass is 16.2. The molecule has 0 spiro atoms. The van der Waals surface area contributed by atoms with Gasteiger partial charge in [-0.3, -0.25) is 4.79 Å². The third-order valence-electron chi connectivity index (χ3n) is 3.95. The van der Waals surface area contributed by atoms with Crippen LogP contribution in [0.15, 0.2) is 36.4 Å². The van der Waals surface area contributed by atoms with Crippen molar-refractivity contribution in [1.82, 2.24) is 4.90 Å². The molecule has 1 aliphatic heterocycles. The molecule has 0 radical (unpaired) electrons. The Hall–Kier alpha value is -1.57. The van der Waals surface area contributed by atoms with Gasteiger partial charge in [-0.1, -0.05) is 65.0 Å². The summed E-state index contributed by atoms with van der Waals surface area (Å²) in [4.78, 5) is 13.7. The van der Waals surface area contributed by atoms with E-state index in [9.17, 15) is 4.79 Å². The number of benzene rings is 1. The first-order valence-electron chi connectivity index (χ1n) is 9.25. The summed E-state index contributed by atoms with van der Waals surface area (Å²) in [7, 11) is 0. The molecule has 0 aliphatic carbocycles. The largest absolute Gasteiger partial charge is 0.339 e. The number of nitrogens with zero attached hydrogens (tertiary/aromatic N) is 1. The molecule has 0 unspecified atom stereocenters. The van der Waals surface area contributed by atoms with Crippen LogP contribution in [-0.2, 0) is 11.2 Å². The molecule has 1 amide bonds. The molecule has 23 heavy (non-hydrogen) atoms. The summed E-state index contributed by atoms with van der Waals surface area (Å²) in [5.74, 6) is 0.768. The maximum atomic E-state index is 11.8. The second-order valence-electron chi connectivity index (χ2n) is 5.20. The number of piperidine rings is 1. The summed E-state index contributed by atoms with van der Waals surface area (Å²) in [6.07, 6.45) is 6.73. The van der Waals surface area contributed by atoms with Crippen LogP contribution in [0.25, 0.3) is 0 Å². The molecule has 0 atom stereocenters. The van der Waals surface area contributed by atoms with Crippen molar-refractivity contribution in [2.75, 3.05) is 13.1 Å². The van der Waals surface area contributed by atoms with Crippen molar-refractivity contribution in [2.45, 2.75) is 66.7 Å². The highest BCUT2D eigenvalue weighted by molar-refractivity contribution is 5.87. The number of hydrogen-bond donors (Lipinski definition) is 0. The van der Waals surface area contributed by atoms with Gasteiger partial charge in [0.25, 0.3) is 0 Å². The van der Waals surface area contributed by atoms with Crippen LogP contribution in [0.5, 0.6) is 0 Å². The van der Waals surface area contributed by atoms with Gasteiger partial charge in [-0.25, -0.2) is 0 Å². The van der Waals surface area contributed by atoms with Crippen molar-refractivity contribution >= 4 is 5.91 Å². The molecule has 2 rings (SSSR count). The number of rotatable bonds is 3. The Balaban J connectivity index is 0.00000112. The van der Waals surface area contributed by atoms with Gasteiger partial charge in [0, 0.05) is 13.1 Å². The van der Waals surface area contributed by atoms with Gasteiger partial charge in [0.1, 0.15) is 0 Å². The lowest BCUT2D eigenvalue weighted by Crippen LogP contribution is -2.36. The molecule has 1 aromatic rings. The van der Waals surface area contributed by atoms with Crippen molar-refractivity contribution in [3.8, 4) is 0 Å². The Labute approximate surface area is 143 Å². The molecule has 1 saturated heterocycles. The number of carbonyl (C=O) groups is 1. The van der Waals surface area contributed by atoms with E-state index in [2.05, 4.69) is 31.2 Å². The number of likely N-dealkylation sites (tertiary alicyclic amines) is 1. The molecular formula is C21H35NO. The second kappa shape index (κ2) is 12.9. The highest BCUT2D eigenvalue weighted by Gasteiger charge is 2.22. The smallest absolute Gasteiger partial charge is 0.246 e. The molecule has 2 heteroatoms. The van der Waals surface area contributed by atoms with Crippen molar-refractivity contribution in [2.24, 2.45) is 0 Å². The zero-order valence-electron chi connectivity index (χ0n) is 15.9. The van der Waals surface area contributed by atoms with Crippen molar-refractivity contribution < 1.29 is 4.79 Å². The molecule has 1 heterocycles. The number of carbonyl (C=O) groups excluding carboxylic acids is 1. The van der Waals surface area contributed by atoms with E-state index in [0.29, 0.717) is 5.92 Å². The number of allylic oxidation sites excluding steroid dienone is 1. The zero-order chi connectivity index (χ0) is 17.7. The maximum Gasteiger partial charge on any atom is 0.246 e. The molecule has 0 bridgehead atoms. The van der Waals surface area contributed by atoms with Gasteiger partial charge in [-0.05, 0) is 49.3 Å². The standard InChI is InChI=1S/C17H23NO.2C2H6/c1-3-6-17(19)18-11-9-15(10-12-18)16-8-5-7-14(4-2)13-16;2*1-2/h3,5-8,13,15H,4,9-12H2,1-2H3;2*1-2H3/b6-3+;;.